The number of aromatic carboxylic acids is 1. The van der Waals surface area contributed by atoms with Crippen LogP contribution in [0.2, 0.25) is 16.6 Å². The van der Waals surface area contributed by atoms with Crippen LogP contribution in [0, 0.1) is 0 Å². The third kappa shape index (κ3) is 5.83. The second kappa shape index (κ2) is 11.6. The fourth-order valence-electron chi connectivity index (χ4n) is 5.76. The number of anilines is 2. The Labute approximate surface area is 216 Å². The molecule has 1 aromatic heterocycles. The van der Waals surface area contributed by atoms with Gasteiger partial charge in [-0.3, -0.25) is 0 Å². The normalized spacial score (nSPS) is 18.6. The molecule has 3 rings (SSSR count). The minimum Gasteiger partial charge on any atom is -0.543 e. The fourth-order valence-corrected chi connectivity index (χ4v) is 11.0. The highest BCUT2D eigenvalue weighted by atomic mass is 28.4. The molecular weight excluding hydrogens is 472 g/mol. The molecule has 1 heterocycles. The lowest BCUT2D eigenvalue weighted by Crippen LogP contribution is -2.50. The van der Waals surface area contributed by atoms with Crippen LogP contribution < -0.4 is 15.5 Å². The molecule has 1 saturated carbocycles. The zero-order valence-electron chi connectivity index (χ0n) is 22.7. The summed E-state index contributed by atoms with van der Waals surface area (Å²) < 4.78 is 12.3. The van der Waals surface area contributed by atoms with Crippen molar-refractivity contribution in [1.29, 1.82) is 0 Å². The molecule has 36 heavy (non-hydrogen) atoms. The first kappa shape index (κ1) is 27.9. The third-order valence-corrected chi connectivity index (χ3v) is 13.6. The van der Waals surface area contributed by atoms with Crippen molar-refractivity contribution in [3.8, 4) is 17.1 Å². The predicted octanol–water partition coefficient (Wildman–Crippen LogP) is 6.35. The number of nitrogens with one attached hydrogen (secondary N) is 1. The van der Waals surface area contributed by atoms with Crippen molar-refractivity contribution < 1.29 is 19.1 Å². The van der Waals surface area contributed by atoms with Gasteiger partial charge in [-0.1, -0.05) is 53.7 Å². The zero-order chi connectivity index (χ0) is 26.6. The van der Waals surface area contributed by atoms with Gasteiger partial charge in [-0.25, -0.2) is 14.8 Å². The van der Waals surface area contributed by atoms with Gasteiger partial charge in [0.25, 0.3) is 8.32 Å². The number of aromatic nitrogens is 2. The first-order chi connectivity index (χ1) is 17.0. The van der Waals surface area contributed by atoms with Gasteiger partial charge in [0.05, 0.1) is 6.10 Å². The second-order valence-corrected chi connectivity index (χ2v) is 16.1. The minimum absolute atomic E-state index is 0.0540. The van der Waals surface area contributed by atoms with E-state index in [4.69, 9.17) is 14.9 Å². The number of nitrogens with zero attached hydrogens (tertiary/aromatic N) is 2. The van der Waals surface area contributed by atoms with Gasteiger partial charge >= 0.3 is 5.97 Å². The van der Waals surface area contributed by atoms with E-state index in [-0.39, 0.29) is 23.5 Å². The zero-order valence-corrected chi connectivity index (χ0v) is 23.7. The summed E-state index contributed by atoms with van der Waals surface area (Å²) in [5.74, 6) is 0.256. The largest absolute Gasteiger partial charge is 0.543 e. The molecule has 1 fully saturated rings. The maximum Gasteiger partial charge on any atom is 0.356 e. The SMILES string of the molecule is CO[C@H]1CC[C@H](Nc2nc(-c3cccc(O[Si](C(C)C)(C(C)C)C(C)C)c3)nc(C(=O)O)c2N)CC1. The number of carbonyl (C=O) groups is 1. The van der Waals surface area contributed by atoms with Crippen molar-refractivity contribution >= 4 is 25.8 Å². The van der Waals surface area contributed by atoms with Crippen molar-refractivity contribution in [2.24, 2.45) is 0 Å². The van der Waals surface area contributed by atoms with Gasteiger partial charge in [0.15, 0.2) is 17.3 Å². The number of hydrogen-bond acceptors (Lipinski definition) is 7. The molecule has 0 aliphatic heterocycles. The van der Waals surface area contributed by atoms with E-state index < -0.39 is 14.3 Å². The molecule has 1 aromatic carbocycles. The molecule has 0 saturated heterocycles. The third-order valence-electron chi connectivity index (χ3n) is 7.59. The van der Waals surface area contributed by atoms with E-state index in [2.05, 4.69) is 56.8 Å². The summed E-state index contributed by atoms with van der Waals surface area (Å²) in [6.45, 7) is 13.5. The van der Waals surface area contributed by atoms with Crippen molar-refractivity contribution in [1.82, 2.24) is 9.97 Å². The summed E-state index contributed by atoms with van der Waals surface area (Å²) >= 11 is 0. The van der Waals surface area contributed by atoms with Gasteiger partial charge in [0, 0.05) is 18.7 Å². The molecule has 2 aromatic rings. The Hall–Kier alpha value is -2.65. The molecule has 198 valence electrons. The monoisotopic (exact) mass is 514 g/mol. The Kier molecular flexibility index (Phi) is 9.00. The van der Waals surface area contributed by atoms with Crippen LogP contribution in [-0.2, 0) is 4.74 Å². The van der Waals surface area contributed by atoms with Gasteiger partial charge < -0.3 is 25.3 Å². The number of ether oxygens (including phenoxy) is 1. The highest BCUT2D eigenvalue weighted by Gasteiger charge is 2.47. The standard InChI is InChI=1S/C27H42N4O4Si/c1-16(2)36(17(3)4,18(5)6)35-22-10-8-9-19(15-22)25-30-24(27(32)33)23(28)26(31-25)29-20-11-13-21(34-7)14-12-20/h8-10,15-18,20-21H,11-14,28H2,1-7H3,(H,32,33)(H,29,30,31)/t20-,21-. The molecule has 0 atom stereocenters. The average Bonchev–Trinajstić information content (AvgIpc) is 2.83. The topological polar surface area (TPSA) is 120 Å². The highest BCUT2D eigenvalue weighted by Crippen LogP contribution is 2.43. The van der Waals surface area contributed by atoms with Crippen LogP contribution in [0.15, 0.2) is 24.3 Å². The Morgan fingerprint density at radius 2 is 1.67 bits per heavy atom. The summed E-state index contributed by atoms with van der Waals surface area (Å²) in [7, 11) is -0.421. The predicted molar refractivity (Wildman–Crippen MR) is 147 cm³/mol. The Balaban J connectivity index is 1.97. The Bertz CT molecular complexity index is 1030. The average molecular weight is 515 g/mol. The van der Waals surface area contributed by atoms with E-state index in [1.807, 2.05) is 24.3 Å². The molecule has 0 unspecified atom stereocenters. The summed E-state index contributed by atoms with van der Waals surface area (Å²) in [6, 6.07) is 7.80. The first-order valence-corrected chi connectivity index (χ1v) is 15.1. The van der Waals surface area contributed by atoms with E-state index in [0.717, 1.165) is 31.4 Å². The molecule has 4 N–H and O–H groups in total. The van der Waals surface area contributed by atoms with Crippen LogP contribution in [0.4, 0.5) is 11.5 Å². The van der Waals surface area contributed by atoms with Crippen molar-refractivity contribution in [3.63, 3.8) is 0 Å². The number of methoxy groups -OCH3 is 1. The lowest BCUT2D eigenvalue weighted by molar-refractivity contribution is 0.0681. The Morgan fingerprint density at radius 1 is 1.06 bits per heavy atom. The van der Waals surface area contributed by atoms with Crippen molar-refractivity contribution in [2.75, 3.05) is 18.2 Å². The summed E-state index contributed by atoms with van der Waals surface area (Å²) in [6.07, 6.45) is 3.93. The van der Waals surface area contributed by atoms with Crippen LogP contribution >= 0.6 is 0 Å². The molecule has 1 aliphatic carbocycles. The number of rotatable bonds is 10. The van der Waals surface area contributed by atoms with E-state index in [9.17, 15) is 9.90 Å². The number of nitrogen functional groups attached to an aromatic ring is 1. The van der Waals surface area contributed by atoms with Crippen LogP contribution in [0.1, 0.15) is 77.7 Å². The maximum atomic E-state index is 12.0. The molecular formula is C27H42N4O4Si. The second-order valence-electron chi connectivity index (χ2n) is 10.8. The molecule has 9 heteroatoms. The molecule has 0 spiro atoms. The smallest absolute Gasteiger partial charge is 0.356 e. The van der Waals surface area contributed by atoms with E-state index in [1.54, 1.807) is 7.11 Å². The van der Waals surface area contributed by atoms with Gasteiger partial charge in [-0.05, 0) is 54.4 Å². The fraction of sp³-hybridized carbons (Fsp3) is 0.593. The minimum atomic E-state index is -2.16. The number of carboxylic acid groups (broad SMARTS) is 1. The molecule has 8 nitrogen and oxygen atoms in total. The van der Waals surface area contributed by atoms with Crippen molar-refractivity contribution in [3.05, 3.63) is 30.0 Å². The quantitative estimate of drug-likeness (QED) is 0.314. The van der Waals surface area contributed by atoms with Gasteiger partial charge in [0.2, 0.25) is 0 Å². The lowest BCUT2D eigenvalue weighted by atomic mass is 9.93. The van der Waals surface area contributed by atoms with Gasteiger partial charge in [0.1, 0.15) is 11.4 Å². The van der Waals surface area contributed by atoms with E-state index >= 15 is 0 Å². The van der Waals surface area contributed by atoms with Crippen LogP contribution in [-0.4, -0.2) is 48.6 Å². The summed E-state index contributed by atoms with van der Waals surface area (Å²) in [5, 5.41) is 13.2. The first-order valence-electron chi connectivity index (χ1n) is 13.0. The van der Waals surface area contributed by atoms with Crippen LogP contribution in [0.25, 0.3) is 11.4 Å². The van der Waals surface area contributed by atoms with E-state index in [0.29, 0.717) is 33.8 Å². The highest BCUT2D eigenvalue weighted by molar-refractivity contribution is 6.78. The van der Waals surface area contributed by atoms with Crippen LogP contribution in [0.3, 0.4) is 0 Å². The van der Waals surface area contributed by atoms with Crippen LogP contribution in [0.5, 0.6) is 5.75 Å². The Morgan fingerprint density at radius 3 is 2.19 bits per heavy atom. The number of nitrogens with two attached hydrogens (primary N) is 1. The van der Waals surface area contributed by atoms with E-state index in [1.165, 1.54) is 0 Å². The van der Waals surface area contributed by atoms with Gasteiger partial charge in [-0.15, -0.1) is 0 Å². The summed E-state index contributed by atoms with van der Waals surface area (Å²) in [4.78, 5) is 21.0. The van der Waals surface area contributed by atoms with Gasteiger partial charge in [-0.2, -0.15) is 0 Å². The molecule has 0 radical (unpaired) electrons. The lowest BCUT2D eigenvalue weighted by Gasteiger charge is -2.42. The summed E-state index contributed by atoms with van der Waals surface area (Å²) in [5.41, 5.74) is 8.03. The number of hydrogen-bond donors (Lipinski definition) is 3. The number of benzene rings is 1. The van der Waals surface area contributed by atoms with Crippen molar-refractivity contribution in [2.45, 2.75) is 96.0 Å². The molecule has 0 amide bonds. The molecule has 0 bridgehead atoms. The molecule has 1 aliphatic rings. The number of carboxylic acids is 1. The maximum absolute atomic E-state index is 12.0.